The van der Waals surface area contributed by atoms with E-state index in [2.05, 4.69) is 15.8 Å². The van der Waals surface area contributed by atoms with Gasteiger partial charge in [0.15, 0.2) is 5.82 Å². The van der Waals surface area contributed by atoms with Gasteiger partial charge in [0.05, 0.1) is 5.92 Å². The van der Waals surface area contributed by atoms with Crippen molar-refractivity contribution >= 4 is 17.6 Å². The molecule has 1 heterocycles. The molecule has 6 nitrogen and oxygen atoms in total. The Hall–Kier alpha value is -2.70. The van der Waals surface area contributed by atoms with Gasteiger partial charge in [0.2, 0.25) is 11.8 Å². The maximum atomic E-state index is 13.1. The second kappa shape index (κ2) is 7.04. The van der Waals surface area contributed by atoms with Crippen LogP contribution in [0.3, 0.4) is 0 Å². The standard InChI is InChI=1S/C18H20FN3O3/c1-10-9-15(22-25-10)21-17(23)11(2)20-18(24)16(12-3-4-12)13-5-7-14(19)8-6-13/h5-9,11-12,16H,3-4H2,1-2H3,(H,20,24)(H,21,22,23)/t11-,16?/m0/s1. The molecule has 1 saturated carbocycles. The van der Waals surface area contributed by atoms with Gasteiger partial charge in [-0.25, -0.2) is 4.39 Å². The van der Waals surface area contributed by atoms with Crippen LogP contribution in [-0.2, 0) is 9.59 Å². The summed E-state index contributed by atoms with van der Waals surface area (Å²) >= 11 is 0. The van der Waals surface area contributed by atoms with Crippen molar-refractivity contribution in [1.82, 2.24) is 10.5 Å². The number of aryl methyl sites for hydroxylation is 1. The van der Waals surface area contributed by atoms with Crippen molar-refractivity contribution in [3.8, 4) is 0 Å². The van der Waals surface area contributed by atoms with Crippen LogP contribution in [0.1, 0.15) is 37.0 Å². The summed E-state index contributed by atoms with van der Waals surface area (Å²) in [5.41, 5.74) is 0.765. The molecule has 0 aliphatic heterocycles. The normalized spacial score (nSPS) is 16.1. The average Bonchev–Trinajstić information content (AvgIpc) is 3.31. The smallest absolute Gasteiger partial charge is 0.247 e. The SMILES string of the molecule is Cc1cc(NC(=O)[C@H](C)NC(=O)C(c2ccc(F)cc2)C2CC2)no1. The molecule has 0 saturated heterocycles. The highest BCUT2D eigenvalue weighted by molar-refractivity contribution is 5.97. The van der Waals surface area contributed by atoms with Crippen LogP contribution in [0.4, 0.5) is 10.2 Å². The first-order valence-corrected chi connectivity index (χ1v) is 8.24. The number of nitrogens with one attached hydrogen (secondary N) is 2. The third kappa shape index (κ3) is 4.23. The topological polar surface area (TPSA) is 84.2 Å². The number of rotatable bonds is 6. The minimum absolute atomic E-state index is 0.229. The molecule has 2 amide bonds. The van der Waals surface area contributed by atoms with Gasteiger partial charge in [0, 0.05) is 6.07 Å². The fourth-order valence-electron chi connectivity index (χ4n) is 2.77. The molecular formula is C18H20FN3O3. The van der Waals surface area contributed by atoms with Gasteiger partial charge in [-0.3, -0.25) is 9.59 Å². The van der Waals surface area contributed by atoms with Gasteiger partial charge in [0.25, 0.3) is 0 Å². The van der Waals surface area contributed by atoms with Crippen LogP contribution in [0.5, 0.6) is 0 Å². The van der Waals surface area contributed by atoms with Crippen LogP contribution >= 0.6 is 0 Å². The van der Waals surface area contributed by atoms with Gasteiger partial charge >= 0.3 is 0 Å². The molecule has 0 bridgehead atoms. The number of benzene rings is 1. The molecule has 1 aliphatic rings. The van der Waals surface area contributed by atoms with Gasteiger partial charge in [-0.1, -0.05) is 17.3 Å². The van der Waals surface area contributed by atoms with E-state index in [1.807, 2.05) is 0 Å². The summed E-state index contributed by atoms with van der Waals surface area (Å²) in [4.78, 5) is 24.9. The molecule has 1 fully saturated rings. The lowest BCUT2D eigenvalue weighted by atomic mass is 9.93. The van der Waals surface area contributed by atoms with E-state index < -0.39 is 6.04 Å². The molecule has 2 atom stereocenters. The second-order valence-corrected chi connectivity index (χ2v) is 6.41. The lowest BCUT2D eigenvalue weighted by Gasteiger charge is -2.20. The van der Waals surface area contributed by atoms with E-state index in [-0.39, 0.29) is 29.5 Å². The highest BCUT2D eigenvalue weighted by atomic mass is 19.1. The highest BCUT2D eigenvalue weighted by Crippen LogP contribution is 2.42. The van der Waals surface area contributed by atoms with E-state index in [1.54, 1.807) is 32.0 Å². The summed E-state index contributed by atoms with van der Waals surface area (Å²) in [6.45, 7) is 3.32. The van der Waals surface area contributed by atoms with E-state index >= 15 is 0 Å². The zero-order valence-electron chi connectivity index (χ0n) is 14.1. The summed E-state index contributed by atoms with van der Waals surface area (Å²) in [7, 11) is 0. The number of halogens is 1. The van der Waals surface area contributed by atoms with Gasteiger partial charge < -0.3 is 15.2 Å². The number of carbonyl (C=O) groups is 2. The largest absolute Gasteiger partial charge is 0.360 e. The third-order valence-electron chi connectivity index (χ3n) is 4.24. The molecule has 1 unspecified atom stereocenters. The fraction of sp³-hybridized carbons (Fsp3) is 0.389. The number of hydrogen-bond acceptors (Lipinski definition) is 4. The predicted molar refractivity (Wildman–Crippen MR) is 89.3 cm³/mol. The van der Waals surface area contributed by atoms with E-state index in [9.17, 15) is 14.0 Å². The quantitative estimate of drug-likeness (QED) is 0.843. The number of nitrogens with zero attached hydrogens (tertiary/aromatic N) is 1. The molecule has 7 heteroatoms. The molecule has 1 aliphatic carbocycles. The van der Waals surface area contributed by atoms with Crippen LogP contribution in [0.25, 0.3) is 0 Å². The van der Waals surface area contributed by atoms with Crippen molar-refractivity contribution < 1.29 is 18.5 Å². The summed E-state index contributed by atoms with van der Waals surface area (Å²) < 4.78 is 18.0. The molecule has 132 valence electrons. The zero-order chi connectivity index (χ0) is 18.0. The Labute approximate surface area is 144 Å². The van der Waals surface area contributed by atoms with E-state index in [4.69, 9.17) is 4.52 Å². The molecule has 3 rings (SSSR count). The summed E-state index contributed by atoms with van der Waals surface area (Å²) in [5, 5.41) is 9.02. The molecule has 2 N–H and O–H groups in total. The maximum absolute atomic E-state index is 13.1. The Morgan fingerprint density at radius 2 is 1.92 bits per heavy atom. The van der Waals surface area contributed by atoms with E-state index in [0.717, 1.165) is 18.4 Å². The average molecular weight is 345 g/mol. The van der Waals surface area contributed by atoms with Crippen LogP contribution in [0, 0.1) is 18.7 Å². The number of hydrogen-bond donors (Lipinski definition) is 2. The van der Waals surface area contributed by atoms with Gasteiger partial charge in [0.1, 0.15) is 17.6 Å². The van der Waals surface area contributed by atoms with Gasteiger partial charge in [-0.15, -0.1) is 0 Å². The number of amides is 2. The van der Waals surface area contributed by atoms with Crippen molar-refractivity contribution in [2.24, 2.45) is 5.92 Å². The first-order chi connectivity index (χ1) is 11.9. The zero-order valence-corrected chi connectivity index (χ0v) is 14.1. The van der Waals surface area contributed by atoms with Crippen LogP contribution in [-0.4, -0.2) is 23.0 Å². The van der Waals surface area contributed by atoms with Crippen LogP contribution in [0.2, 0.25) is 0 Å². The molecule has 1 aromatic carbocycles. The Morgan fingerprint density at radius 3 is 2.48 bits per heavy atom. The van der Waals surface area contributed by atoms with Crippen LogP contribution < -0.4 is 10.6 Å². The first-order valence-electron chi connectivity index (χ1n) is 8.24. The van der Waals surface area contributed by atoms with Crippen molar-refractivity contribution in [2.45, 2.75) is 38.6 Å². The Kier molecular flexibility index (Phi) is 4.83. The Bertz CT molecular complexity index is 768. The lowest BCUT2D eigenvalue weighted by molar-refractivity contribution is -0.127. The van der Waals surface area contributed by atoms with Gasteiger partial charge in [-0.2, -0.15) is 0 Å². The van der Waals surface area contributed by atoms with Crippen molar-refractivity contribution in [2.75, 3.05) is 5.32 Å². The summed E-state index contributed by atoms with van der Waals surface area (Å²) in [6, 6.07) is 6.81. The summed E-state index contributed by atoms with van der Waals surface area (Å²) in [6.07, 6.45) is 1.91. The molecule has 25 heavy (non-hydrogen) atoms. The monoisotopic (exact) mass is 345 g/mol. The molecule has 0 radical (unpaired) electrons. The molecule has 2 aromatic rings. The predicted octanol–water partition coefficient (Wildman–Crippen LogP) is 2.76. The Balaban J connectivity index is 1.64. The number of anilines is 1. The van der Waals surface area contributed by atoms with Crippen molar-refractivity contribution in [3.05, 3.63) is 47.5 Å². The lowest BCUT2D eigenvalue weighted by Crippen LogP contribution is -2.44. The van der Waals surface area contributed by atoms with Crippen LogP contribution in [0.15, 0.2) is 34.9 Å². The minimum atomic E-state index is -0.730. The first kappa shape index (κ1) is 17.1. The maximum Gasteiger partial charge on any atom is 0.247 e. The number of aromatic nitrogens is 1. The van der Waals surface area contributed by atoms with Crippen molar-refractivity contribution in [3.63, 3.8) is 0 Å². The second-order valence-electron chi connectivity index (χ2n) is 6.41. The fourth-order valence-corrected chi connectivity index (χ4v) is 2.77. The Morgan fingerprint density at radius 1 is 1.24 bits per heavy atom. The van der Waals surface area contributed by atoms with Crippen molar-refractivity contribution in [1.29, 1.82) is 0 Å². The minimum Gasteiger partial charge on any atom is -0.360 e. The molecular weight excluding hydrogens is 325 g/mol. The van der Waals surface area contributed by atoms with E-state index in [0.29, 0.717) is 11.6 Å². The molecule has 0 spiro atoms. The van der Waals surface area contributed by atoms with Gasteiger partial charge in [-0.05, 0) is 50.3 Å². The highest BCUT2D eigenvalue weighted by Gasteiger charge is 2.38. The third-order valence-corrected chi connectivity index (χ3v) is 4.24. The summed E-state index contributed by atoms with van der Waals surface area (Å²) in [5.74, 6) is -0.195. The number of carbonyl (C=O) groups excluding carboxylic acids is 2. The van der Waals surface area contributed by atoms with E-state index in [1.165, 1.54) is 12.1 Å². The molecule has 1 aromatic heterocycles.